The van der Waals surface area contributed by atoms with Crippen LogP contribution >= 0.6 is 12.2 Å². The first kappa shape index (κ1) is 18.4. The van der Waals surface area contributed by atoms with Gasteiger partial charge in [0.25, 0.3) is 0 Å². The Bertz CT molecular complexity index is 878. The van der Waals surface area contributed by atoms with Gasteiger partial charge in [-0.2, -0.15) is 0 Å². The van der Waals surface area contributed by atoms with E-state index in [9.17, 15) is 4.79 Å². The molecule has 0 aromatic heterocycles. The number of ether oxygens (including phenoxy) is 2. The summed E-state index contributed by atoms with van der Waals surface area (Å²) in [7, 11) is 3.41. The molecule has 0 saturated carbocycles. The van der Waals surface area contributed by atoms with Gasteiger partial charge in [0.15, 0.2) is 5.11 Å². The molecule has 1 aliphatic rings. The summed E-state index contributed by atoms with van der Waals surface area (Å²) in [6, 6.07) is 13.9. The number of carbonyl (C=O) groups excluding carboxylic acids is 1. The minimum absolute atomic E-state index is 0.213. The topological polar surface area (TPSA) is 50.8 Å². The Morgan fingerprint density at radius 3 is 2.65 bits per heavy atom. The molecular weight excluding hydrogens is 348 g/mol. The van der Waals surface area contributed by atoms with Crippen LogP contribution < -0.4 is 5.32 Å². The third kappa shape index (κ3) is 3.57. The fourth-order valence-corrected chi connectivity index (χ4v) is 3.29. The van der Waals surface area contributed by atoms with Crippen LogP contribution in [0.5, 0.6) is 0 Å². The van der Waals surface area contributed by atoms with Gasteiger partial charge in [0.1, 0.15) is 6.61 Å². The Labute approximate surface area is 158 Å². The average molecular weight is 370 g/mol. The van der Waals surface area contributed by atoms with Gasteiger partial charge in [0, 0.05) is 19.9 Å². The minimum atomic E-state index is -0.362. The molecule has 0 radical (unpaired) electrons. The summed E-state index contributed by atoms with van der Waals surface area (Å²) < 4.78 is 10.3. The Morgan fingerprint density at radius 2 is 1.92 bits per heavy atom. The number of nitrogens with zero attached hydrogens (tertiary/aromatic N) is 1. The van der Waals surface area contributed by atoms with E-state index >= 15 is 0 Å². The number of rotatable bonds is 5. The van der Waals surface area contributed by atoms with Crippen molar-refractivity contribution in [2.75, 3.05) is 27.4 Å². The normalized spacial score (nSPS) is 17.4. The summed E-state index contributed by atoms with van der Waals surface area (Å²) in [6.07, 6.45) is 0. The van der Waals surface area contributed by atoms with Crippen LogP contribution in [0.4, 0.5) is 0 Å². The number of hydrogen-bond acceptors (Lipinski definition) is 4. The third-order valence-electron chi connectivity index (χ3n) is 4.60. The smallest absolute Gasteiger partial charge is 0.338 e. The van der Waals surface area contributed by atoms with E-state index in [1.807, 2.05) is 32.2 Å². The molecule has 0 unspecified atom stereocenters. The minimum Gasteiger partial charge on any atom is -0.460 e. The molecule has 0 aliphatic carbocycles. The predicted molar refractivity (Wildman–Crippen MR) is 106 cm³/mol. The van der Waals surface area contributed by atoms with Crippen molar-refractivity contribution in [1.82, 2.24) is 10.2 Å². The van der Waals surface area contributed by atoms with Crippen LogP contribution in [0.1, 0.15) is 18.5 Å². The monoisotopic (exact) mass is 370 g/mol. The summed E-state index contributed by atoms with van der Waals surface area (Å²) >= 11 is 5.43. The quantitative estimate of drug-likeness (QED) is 0.496. The second-order valence-electron chi connectivity index (χ2n) is 6.18. The first-order chi connectivity index (χ1) is 12.5. The SMILES string of the molecule is COCCOC(=O)C1=C(C)N(C)C(=S)N[C@H]1c1ccc2ccccc2c1. The number of esters is 1. The van der Waals surface area contributed by atoms with Crippen molar-refractivity contribution < 1.29 is 14.3 Å². The van der Waals surface area contributed by atoms with Crippen molar-refractivity contribution in [2.45, 2.75) is 13.0 Å². The molecule has 1 N–H and O–H groups in total. The molecule has 0 saturated heterocycles. The van der Waals surface area contributed by atoms with Crippen molar-refractivity contribution >= 4 is 34.1 Å². The molecule has 1 heterocycles. The van der Waals surface area contributed by atoms with E-state index in [1.54, 1.807) is 12.0 Å². The summed E-state index contributed by atoms with van der Waals surface area (Å²) in [5.41, 5.74) is 2.32. The molecule has 0 spiro atoms. The second-order valence-corrected chi connectivity index (χ2v) is 6.56. The average Bonchev–Trinajstić information content (AvgIpc) is 2.65. The van der Waals surface area contributed by atoms with Gasteiger partial charge in [-0.05, 0) is 41.5 Å². The number of methoxy groups -OCH3 is 1. The van der Waals surface area contributed by atoms with Crippen molar-refractivity contribution in [3.8, 4) is 0 Å². The van der Waals surface area contributed by atoms with E-state index in [0.717, 1.165) is 22.0 Å². The molecule has 3 rings (SSSR count). The van der Waals surface area contributed by atoms with Gasteiger partial charge in [-0.1, -0.05) is 36.4 Å². The third-order valence-corrected chi connectivity index (χ3v) is 4.99. The molecule has 0 amide bonds. The fraction of sp³-hybridized carbons (Fsp3) is 0.300. The Morgan fingerprint density at radius 1 is 1.19 bits per heavy atom. The highest BCUT2D eigenvalue weighted by Gasteiger charge is 2.33. The van der Waals surface area contributed by atoms with Crippen LogP contribution in [-0.4, -0.2) is 43.4 Å². The maximum Gasteiger partial charge on any atom is 0.338 e. The van der Waals surface area contributed by atoms with Crippen LogP contribution in [0.3, 0.4) is 0 Å². The Balaban J connectivity index is 2.00. The van der Waals surface area contributed by atoms with Gasteiger partial charge in [0.2, 0.25) is 0 Å². The molecule has 1 atom stereocenters. The molecule has 6 heteroatoms. The van der Waals surface area contributed by atoms with Crippen LogP contribution in [0, 0.1) is 0 Å². The lowest BCUT2D eigenvalue weighted by atomic mass is 9.93. The van der Waals surface area contributed by atoms with Crippen molar-refractivity contribution in [3.05, 3.63) is 59.3 Å². The van der Waals surface area contributed by atoms with E-state index < -0.39 is 0 Å². The fourth-order valence-electron chi connectivity index (χ4n) is 3.03. The maximum atomic E-state index is 12.7. The standard InChI is InChI=1S/C20H22N2O3S/c1-13-17(19(23)25-11-10-24-3)18(21-20(26)22(13)2)16-9-8-14-6-4-5-7-15(14)12-16/h4-9,12,18H,10-11H2,1-3H3,(H,21,26)/t18-/m0/s1. The molecule has 2 aromatic carbocycles. The number of fused-ring (bicyclic) bond motifs is 1. The number of allylic oxidation sites excluding steroid dienone is 1. The summed E-state index contributed by atoms with van der Waals surface area (Å²) in [5.74, 6) is -0.362. The highest BCUT2D eigenvalue weighted by Crippen LogP contribution is 2.32. The summed E-state index contributed by atoms with van der Waals surface area (Å²) in [5, 5.41) is 6.11. The number of carbonyl (C=O) groups is 1. The molecule has 136 valence electrons. The van der Waals surface area contributed by atoms with Gasteiger partial charge in [-0.15, -0.1) is 0 Å². The van der Waals surface area contributed by atoms with Gasteiger partial charge >= 0.3 is 5.97 Å². The Kier molecular flexibility index (Phi) is 5.54. The zero-order valence-corrected chi connectivity index (χ0v) is 15.9. The van der Waals surface area contributed by atoms with Gasteiger partial charge in [0.05, 0.1) is 18.2 Å². The van der Waals surface area contributed by atoms with Gasteiger partial charge in [-0.3, -0.25) is 0 Å². The largest absolute Gasteiger partial charge is 0.460 e. The maximum absolute atomic E-state index is 12.7. The Hall–Kier alpha value is -2.44. The van der Waals surface area contributed by atoms with E-state index in [0.29, 0.717) is 17.3 Å². The van der Waals surface area contributed by atoms with Gasteiger partial charge in [-0.25, -0.2) is 4.79 Å². The lowest BCUT2D eigenvalue weighted by Gasteiger charge is -2.35. The summed E-state index contributed by atoms with van der Waals surface area (Å²) in [4.78, 5) is 14.5. The molecular formula is C20H22N2O3S. The molecule has 5 nitrogen and oxygen atoms in total. The molecule has 26 heavy (non-hydrogen) atoms. The van der Waals surface area contributed by atoms with Crippen molar-refractivity contribution in [3.63, 3.8) is 0 Å². The van der Waals surface area contributed by atoms with Crippen molar-refractivity contribution in [2.24, 2.45) is 0 Å². The van der Waals surface area contributed by atoms with E-state index in [4.69, 9.17) is 21.7 Å². The first-order valence-electron chi connectivity index (χ1n) is 8.42. The van der Waals surface area contributed by atoms with E-state index in [2.05, 4.69) is 29.6 Å². The predicted octanol–water partition coefficient (Wildman–Crippen LogP) is 3.16. The highest BCUT2D eigenvalue weighted by atomic mass is 32.1. The van der Waals surface area contributed by atoms with Crippen LogP contribution in [0.25, 0.3) is 10.8 Å². The first-order valence-corrected chi connectivity index (χ1v) is 8.83. The summed E-state index contributed by atoms with van der Waals surface area (Å²) in [6.45, 7) is 2.46. The number of nitrogens with one attached hydrogen (secondary N) is 1. The van der Waals surface area contributed by atoms with Crippen LogP contribution in [0.15, 0.2) is 53.7 Å². The highest BCUT2D eigenvalue weighted by molar-refractivity contribution is 7.80. The molecule has 0 fully saturated rings. The zero-order chi connectivity index (χ0) is 18.7. The lowest BCUT2D eigenvalue weighted by molar-refractivity contribution is -0.140. The number of thiocarbonyl (C=S) groups is 1. The number of hydrogen-bond donors (Lipinski definition) is 1. The molecule has 1 aliphatic heterocycles. The second kappa shape index (κ2) is 7.85. The molecule has 0 bridgehead atoms. The van der Waals surface area contributed by atoms with Gasteiger partial charge < -0.3 is 19.7 Å². The lowest BCUT2D eigenvalue weighted by Crippen LogP contribution is -2.46. The van der Waals surface area contributed by atoms with Crippen LogP contribution in [-0.2, 0) is 14.3 Å². The zero-order valence-electron chi connectivity index (χ0n) is 15.1. The van der Waals surface area contributed by atoms with Crippen molar-refractivity contribution in [1.29, 1.82) is 0 Å². The van der Waals surface area contributed by atoms with Crippen LogP contribution in [0.2, 0.25) is 0 Å². The van der Waals surface area contributed by atoms with E-state index in [-0.39, 0.29) is 18.6 Å². The molecule has 2 aromatic rings. The van der Waals surface area contributed by atoms with E-state index in [1.165, 1.54) is 0 Å². The number of benzene rings is 2.